The number of nitrogens with zero attached hydrogens (tertiary/aromatic N) is 1. The van der Waals surface area contributed by atoms with Crippen LogP contribution in [0.1, 0.15) is 88.8 Å². The molecule has 1 aliphatic carbocycles. The minimum atomic E-state index is 0.505. The predicted octanol–water partition coefficient (Wildman–Crippen LogP) is 7.33. The van der Waals surface area contributed by atoms with Gasteiger partial charge in [0.05, 0.1) is 0 Å². The van der Waals surface area contributed by atoms with Gasteiger partial charge >= 0.3 is 0 Å². The average molecular weight is 338 g/mol. The number of aryl methyl sites for hydroxylation is 1. The van der Waals surface area contributed by atoms with Crippen LogP contribution in [-0.2, 0) is 6.42 Å². The lowest BCUT2D eigenvalue weighted by Gasteiger charge is -2.27. The van der Waals surface area contributed by atoms with Crippen molar-refractivity contribution in [2.24, 2.45) is 10.9 Å². The van der Waals surface area contributed by atoms with Gasteiger partial charge in [-0.15, -0.1) is 0 Å². The van der Waals surface area contributed by atoms with Crippen LogP contribution in [0.3, 0.4) is 0 Å². The second-order valence-corrected chi connectivity index (χ2v) is 7.55. The maximum atomic E-state index is 4.47. The Morgan fingerprint density at radius 1 is 1.28 bits per heavy atom. The summed E-state index contributed by atoms with van der Waals surface area (Å²) >= 11 is 0. The van der Waals surface area contributed by atoms with E-state index < -0.39 is 0 Å². The molecule has 1 aromatic rings. The summed E-state index contributed by atoms with van der Waals surface area (Å²) in [6.45, 7) is 13.2. The van der Waals surface area contributed by atoms with E-state index in [4.69, 9.17) is 0 Å². The van der Waals surface area contributed by atoms with Gasteiger partial charge in [-0.1, -0.05) is 63.5 Å². The van der Waals surface area contributed by atoms with Crippen molar-refractivity contribution >= 4 is 11.8 Å². The van der Waals surface area contributed by atoms with E-state index in [-0.39, 0.29) is 0 Å². The highest BCUT2D eigenvalue weighted by Crippen LogP contribution is 2.37. The first-order chi connectivity index (χ1) is 12.1. The molecule has 0 aliphatic heterocycles. The molecular weight excluding hydrogens is 302 g/mol. The highest BCUT2D eigenvalue weighted by Gasteiger charge is 2.20. The molecule has 0 bridgehead atoms. The minimum Gasteiger partial charge on any atom is -0.269 e. The molecule has 1 fully saturated rings. The molecule has 0 N–H and O–H groups in total. The molecule has 0 aromatic heterocycles. The van der Waals surface area contributed by atoms with Crippen molar-refractivity contribution in [3.8, 4) is 0 Å². The third-order valence-electron chi connectivity index (χ3n) is 5.66. The first-order valence-electron chi connectivity index (χ1n) is 10.0. The monoisotopic (exact) mass is 337 g/mol. The summed E-state index contributed by atoms with van der Waals surface area (Å²) in [6, 6.07) is 6.78. The van der Waals surface area contributed by atoms with E-state index >= 15 is 0 Å². The highest BCUT2D eigenvalue weighted by atomic mass is 14.7. The van der Waals surface area contributed by atoms with E-state index in [2.05, 4.69) is 50.5 Å². The molecule has 0 radical (unpaired) electrons. The summed E-state index contributed by atoms with van der Waals surface area (Å²) < 4.78 is 0. The van der Waals surface area contributed by atoms with Crippen LogP contribution in [0, 0.1) is 5.92 Å². The summed E-state index contributed by atoms with van der Waals surface area (Å²) in [5.74, 6) is 1.25. The van der Waals surface area contributed by atoms with Crippen LogP contribution in [0.15, 0.2) is 41.5 Å². The van der Waals surface area contributed by atoms with Crippen LogP contribution in [0.4, 0.5) is 0 Å². The van der Waals surface area contributed by atoms with Crippen LogP contribution in [-0.4, -0.2) is 6.21 Å². The molecule has 1 aliphatic rings. The standard InChI is InChI=1S/C24H35N/c1-6-21-14-11-15-23(24(21)20(5)17-25-7-2)19(4)16-18(3)22-12-9-8-10-13-22/h7,11,14-15,17,19,22H,3,6,8-10,12-13,16H2,1-2,4-5H3/b20-17+,25-7?. The maximum absolute atomic E-state index is 4.47. The molecule has 1 unspecified atom stereocenters. The molecule has 1 atom stereocenters. The van der Waals surface area contributed by atoms with Gasteiger partial charge in [-0.25, -0.2) is 0 Å². The third-order valence-corrected chi connectivity index (χ3v) is 5.66. The second-order valence-electron chi connectivity index (χ2n) is 7.55. The average Bonchev–Trinajstić information content (AvgIpc) is 2.65. The maximum Gasteiger partial charge on any atom is 0.0299 e. The minimum absolute atomic E-state index is 0.505. The van der Waals surface area contributed by atoms with Crippen LogP contribution >= 0.6 is 0 Å². The Balaban J connectivity index is 2.26. The Labute approximate surface area is 155 Å². The van der Waals surface area contributed by atoms with Gasteiger partial charge in [-0.2, -0.15) is 0 Å². The van der Waals surface area contributed by atoms with Crippen LogP contribution in [0.2, 0.25) is 0 Å². The van der Waals surface area contributed by atoms with Crippen molar-refractivity contribution in [2.45, 2.75) is 78.6 Å². The summed E-state index contributed by atoms with van der Waals surface area (Å²) in [5.41, 5.74) is 7.01. The Hall–Kier alpha value is -1.63. The molecule has 1 nitrogen and oxygen atoms in total. The predicted molar refractivity (Wildman–Crippen MR) is 112 cm³/mol. The van der Waals surface area contributed by atoms with Gasteiger partial charge in [0.15, 0.2) is 0 Å². The lowest BCUT2D eigenvalue weighted by molar-refractivity contribution is 0.392. The van der Waals surface area contributed by atoms with Crippen molar-refractivity contribution in [2.75, 3.05) is 0 Å². The molecule has 0 saturated heterocycles. The molecule has 2 rings (SSSR count). The number of benzene rings is 1. The van der Waals surface area contributed by atoms with E-state index in [0.29, 0.717) is 5.92 Å². The zero-order valence-electron chi connectivity index (χ0n) is 16.6. The van der Waals surface area contributed by atoms with Gasteiger partial charge in [0, 0.05) is 12.4 Å². The zero-order chi connectivity index (χ0) is 18.2. The number of aliphatic imine (C=N–C) groups is 1. The summed E-state index contributed by atoms with van der Waals surface area (Å²) in [4.78, 5) is 4.35. The van der Waals surface area contributed by atoms with Crippen molar-refractivity contribution in [1.82, 2.24) is 0 Å². The fourth-order valence-electron chi connectivity index (χ4n) is 4.24. The van der Waals surface area contributed by atoms with Crippen molar-refractivity contribution in [3.05, 3.63) is 53.2 Å². The normalized spacial score (nSPS) is 17.8. The summed E-state index contributed by atoms with van der Waals surface area (Å²) in [6.07, 6.45) is 12.9. The van der Waals surface area contributed by atoms with Crippen molar-refractivity contribution in [3.63, 3.8) is 0 Å². The quantitative estimate of drug-likeness (QED) is 0.365. The van der Waals surface area contributed by atoms with E-state index in [1.807, 2.05) is 19.3 Å². The van der Waals surface area contributed by atoms with Crippen LogP contribution < -0.4 is 0 Å². The fourth-order valence-corrected chi connectivity index (χ4v) is 4.24. The highest BCUT2D eigenvalue weighted by molar-refractivity contribution is 5.71. The van der Waals surface area contributed by atoms with Crippen molar-refractivity contribution < 1.29 is 0 Å². The second kappa shape index (κ2) is 9.75. The molecular formula is C24H35N. The molecule has 1 aromatic carbocycles. The number of hydrogen-bond donors (Lipinski definition) is 0. The zero-order valence-corrected chi connectivity index (χ0v) is 16.6. The number of hydrogen-bond acceptors (Lipinski definition) is 1. The Morgan fingerprint density at radius 3 is 2.64 bits per heavy atom. The Bertz CT molecular complexity index is 629. The third kappa shape index (κ3) is 5.17. The van der Waals surface area contributed by atoms with Gasteiger partial charge in [-0.3, -0.25) is 4.99 Å². The molecule has 1 heteroatoms. The molecule has 0 amide bonds. The van der Waals surface area contributed by atoms with Crippen LogP contribution in [0.5, 0.6) is 0 Å². The smallest absolute Gasteiger partial charge is 0.0299 e. The van der Waals surface area contributed by atoms with Crippen molar-refractivity contribution in [1.29, 1.82) is 0 Å². The van der Waals surface area contributed by atoms with E-state index in [1.54, 1.807) is 0 Å². The summed E-state index contributed by atoms with van der Waals surface area (Å²) in [7, 11) is 0. The van der Waals surface area contributed by atoms with Crippen LogP contribution in [0.25, 0.3) is 5.57 Å². The topological polar surface area (TPSA) is 12.4 Å². The summed E-state index contributed by atoms with van der Waals surface area (Å²) in [5, 5.41) is 0. The first-order valence-corrected chi connectivity index (χ1v) is 10.0. The lowest BCUT2D eigenvalue weighted by atomic mass is 9.78. The molecule has 1 saturated carbocycles. The number of allylic oxidation sites excluding steroid dienone is 2. The molecule has 25 heavy (non-hydrogen) atoms. The SMILES string of the molecule is C=C(CC(C)c1cccc(CC)c1/C(C)=C/N=CC)C1CCCCC1. The van der Waals surface area contributed by atoms with Gasteiger partial charge in [0.25, 0.3) is 0 Å². The molecule has 0 heterocycles. The largest absolute Gasteiger partial charge is 0.269 e. The van der Waals surface area contributed by atoms with Gasteiger partial charge < -0.3 is 0 Å². The number of rotatable bonds is 7. The van der Waals surface area contributed by atoms with E-state index in [9.17, 15) is 0 Å². The van der Waals surface area contributed by atoms with Gasteiger partial charge in [-0.05, 0) is 73.6 Å². The Morgan fingerprint density at radius 2 is 2.00 bits per heavy atom. The molecule has 136 valence electrons. The van der Waals surface area contributed by atoms with Gasteiger partial charge in [0.2, 0.25) is 0 Å². The lowest BCUT2D eigenvalue weighted by Crippen LogP contribution is -2.11. The Kier molecular flexibility index (Phi) is 7.68. The van der Waals surface area contributed by atoms with E-state index in [1.165, 1.54) is 59.9 Å². The van der Waals surface area contributed by atoms with Gasteiger partial charge in [0.1, 0.15) is 0 Å². The first kappa shape index (κ1) is 19.7. The molecule has 0 spiro atoms. The van der Waals surface area contributed by atoms with E-state index in [0.717, 1.165) is 18.8 Å². The fraction of sp³-hybridized carbons (Fsp3) is 0.542.